The first-order valence-corrected chi connectivity index (χ1v) is 5.89. The van der Waals surface area contributed by atoms with E-state index < -0.39 is 5.60 Å². The molecule has 84 valence electrons. The van der Waals surface area contributed by atoms with Crippen molar-refractivity contribution in [3.63, 3.8) is 0 Å². The van der Waals surface area contributed by atoms with E-state index in [0.29, 0.717) is 10.9 Å². The van der Waals surface area contributed by atoms with Crippen LogP contribution in [-0.4, -0.2) is 14.9 Å². The van der Waals surface area contributed by atoms with E-state index in [9.17, 15) is 5.11 Å². The van der Waals surface area contributed by atoms with Gasteiger partial charge in [0.2, 0.25) is 0 Å². The summed E-state index contributed by atoms with van der Waals surface area (Å²) in [6, 6.07) is 0. The van der Waals surface area contributed by atoms with E-state index in [2.05, 4.69) is 18.9 Å². The molecule has 1 aromatic rings. The summed E-state index contributed by atoms with van der Waals surface area (Å²) >= 11 is 6.08. The molecule has 0 atom stereocenters. The zero-order valence-corrected chi connectivity index (χ0v) is 9.96. The maximum atomic E-state index is 10.4. The summed E-state index contributed by atoms with van der Waals surface area (Å²) < 4.78 is 1.84. The van der Waals surface area contributed by atoms with Gasteiger partial charge in [-0.1, -0.05) is 25.4 Å². The summed E-state index contributed by atoms with van der Waals surface area (Å²) in [5, 5.41) is 15.2. The third kappa shape index (κ3) is 1.79. The smallest absolute Gasteiger partial charge is 0.108 e. The molecule has 0 unspecified atom stereocenters. The van der Waals surface area contributed by atoms with Crippen LogP contribution < -0.4 is 0 Å². The van der Waals surface area contributed by atoms with Crippen LogP contribution in [0.25, 0.3) is 0 Å². The fraction of sp³-hybridized carbons (Fsp3) is 0.727. The quantitative estimate of drug-likeness (QED) is 0.864. The number of rotatable bonds is 3. The summed E-state index contributed by atoms with van der Waals surface area (Å²) in [5.74, 6) is 0.580. The van der Waals surface area contributed by atoms with Crippen molar-refractivity contribution < 1.29 is 5.11 Å². The molecule has 0 bridgehead atoms. The van der Waals surface area contributed by atoms with Crippen molar-refractivity contribution in [3.8, 4) is 0 Å². The minimum Gasteiger partial charge on any atom is -0.383 e. The minimum absolute atomic E-state index is 0.580. The Morgan fingerprint density at radius 1 is 1.67 bits per heavy atom. The van der Waals surface area contributed by atoms with Crippen LogP contribution >= 0.6 is 11.6 Å². The fourth-order valence-electron chi connectivity index (χ4n) is 2.49. The second-order valence-corrected chi connectivity index (χ2v) is 5.02. The van der Waals surface area contributed by atoms with Gasteiger partial charge in [0.15, 0.2) is 0 Å². The van der Waals surface area contributed by atoms with Gasteiger partial charge in [-0.2, -0.15) is 5.10 Å². The SMILES string of the molecule is CCCn1ncc(Cl)c1C1(O)CC(C)C1. The van der Waals surface area contributed by atoms with E-state index in [1.165, 1.54) is 0 Å². The molecule has 4 heteroatoms. The first-order chi connectivity index (χ1) is 7.07. The number of hydrogen-bond acceptors (Lipinski definition) is 2. The second kappa shape index (κ2) is 3.80. The lowest BCUT2D eigenvalue weighted by molar-refractivity contribution is -0.0804. The van der Waals surface area contributed by atoms with E-state index in [1.54, 1.807) is 6.20 Å². The summed E-state index contributed by atoms with van der Waals surface area (Å²) in [7, 11) is 0. The van der Waals surface area contributed by atoms with Crippen LogP contribution in [0.15, 0.2) is 6.20 Å². The Morgan fingerprint density at radius 2 is 2.33 bits per heavy atom. The molecular weight excluding hydrogens is 212 g/mol. The number of hydrogen-bond donors (Lipinski definition) is 1. The average Bonchev–Trinajstić information content (AvgIpc) is 2.46. The lowest BCUT2D eigenvalue weighted by Crippen LogP contribution is -2.41. The molecule has 0 aliphatic heterocycles. The molecule has 0 radical (unpaired) electrons. The maximum absolute atomic E-state index is 10.4. The summed E-state index contributed by atoms with van der Waals surface area (Å²) in [6.07, 6.45) is 4.22. The van der Waals surface area contributed by atoms with Crippen molar-refractivity contribution in [2.45, 2.75) is 45.3 Å². The predicted octanol–water partition coefficient (Wildman–Crippen LogP) is 2.56. The summed E-state index contributed by atoms with van der Waals surface area (Å²) in [4.78, 5) is 0. The highest BCUT2D eigenvalue weighted by Gasteiger charge is 2.45. The van der Waals surface area contributed by atoms with E-state index >= 15 is 0 Å². The maximum Gasteiger partial charge on any atom is 0.108 e. The Morgan fingerprint density at radius 3 is 2.87 bits per heavy atom. The standard InChI is InChI=1S/C11H17ClN2O/c1-3-4-14-10(9(12)7-13-14)11(15)5-8(2)6-11/h7-8,15H,3-6H2,1-2H3. The van der Waals surface area contributed by atoms with E-state index in [4.69, 9.17) is 11.6 Å². The number of aliphatic hydroxyl groups is 1. The van der Waals surface area contributed by atoms with Gasteiger partial charge in [0.05, 0.1) is 16.9 Å². The fourth-order valence-corrected chi connectivity index (χ4v) is 2.81. The highest BCUT2D eigenvalue weighted by molar-refractivity contribution is 6.31. The average molecular weight is 229 g/mol. The third-order valence-electron chi connectivity index (χ3n) is 3.04. The highest BCUT2D eigenvalue weighted by atomic mass is 35.5. The summed E-state index contributed by atoms with van der Waals surface area (Å²) in [5.41, 5.74) is 0.0754. The lowest BCUT2D eigenvalue weighted by Gasteiger charge is -2.42. The molecular formula is C11H17ClN2O. The monoisotopic (exact) mass is 228 g/mol. The molecule has 0 amide bonds. The van der Waals surface area contributed by atoms with Gasteiger partial charge in [-0.05, 0) is 25.2 Å². The third-order valence-corrected chi connectivity index (χ3v) is 3.32. The Kier molecular flexibility index (Phi) is 2.77. The Hall–Kier alpha value is -0.540. The van der Waals surface area contributed by atoms with E-state index in [0.717, 1.165) is 31.5 Å². The van der Waals surface area contributed by atoms with Crippen LogP contribution in [0.3, 0.4) is 0 Å². The Balaban J connectivity index is 2.30. The van der Waals surface area contributed by atoms with Crippen molar-refractivity contribution >= 4 is 11.6 Å². The van der Waals surface area contributed by atoms with Crippen LogP contribution in [0.5, 0.6) is 0 Å². The van der Waals surface area contributed by atoms with Crippen molar-refractivity contribution in [1.29, 1.82) is 0 Å². The van der Waals surface area contributed by atoms with Crippen LogP contribution in [0.1, 0.15) is 38.8 Å². The molecule has 1 saturated carbocycles. The molecule has 0 saturated heterocycles. The molecule has 1 aliphatic carbocycles. The number of nitrogens with zero attached hydrogens (tertiary/aromatic N) is 2. The predicted molar refractivity (Wildman–Crippen MR) is 59.8 cm³/mol. The van der Waals surface area contributed by atoms with E-state index in [-0.39, 0.29) is 0 Å². The normalized spacial score (nSPS) is 30.3. The minimum atomic E-state index is -0.734. The highest BCUT2D eigenvalue weighted by Crippen LogP contribution is 2.47. The van der Waals surface area contributed by atoms with Gasteiger partial charge in [0.25, 0.3) is 0 Å². The molecule has 1 fully saturated rings. The lowest BCUT2D eigenvalue weighted by atomic mass is 9.70. The zero-order chi connectivity index (χ0) is 11.1. The van der Waals surface area contributed by atoms with Crippen LogP contribution in [0, 0.1) is 5.92 Å². The molecule has 1 N–H and O–H groups in total. The number of aryl methyl sites for hydroxylation is 1. The molecule has 0 spiro atoms. The van der Waals surface area contributed by atoms with Gasteiger partial charge >= 0.3 is 0 Å². The largest absolute Gasteiger partial charge is 0.383 e. The van der Waals surface area contributed by atoms with Crippen molar-refractivity contribution in [2.24, 2.45) is 5.92 Å². The second-order valence-electron chi connectivity index (χ2n) is 4.61. The van der Waals surface area contributed by atoms with Gasteiger partial charge < -0.3 is 5.11 Å². The summed E-state index contributed by atoms with van der Waals surface area (Å²) in [6.45, 7) is 5.05. The molecule has 1 aliphatic rings. The number of aromatic nitrogens is 2. The van der Waals surface area contributed by atoms with Crippen LogP contribution in [0.4, 0.5) is 0 Å². The molecule has 1 aromatic heterocycles. The van der Waals surface area contributed by atoms with E-state index in [1.807, 2.05) is 4.68 Å². The van der Waals surface area contributed by atoms with Crippen LogP contribution in [-0.2, 0) is 12.1 Å². The topological polar surface area (TPSA) is 38.0 Å². The first-order valence-electron chi connectivity index (χ1n) is 5.51. The number of halogens is 1. The molecule has 2 rings (SSSR count). The van der Waals surface area contributed by atoms with Crippen molar-refractivity contribution in [3.05, 3.63) is 16.9 Å². The van der Waals surface area contributed by atoms with Gasteiger partial charge in [0.1, 0.15) is 5.60 Å². The van der Waals surface area contributed by atoms with Crippen molar-refractivity contribution in [2.75, 3.05) is 0 Å². The van der Waals surface area contributed by atoms with Gasteiger partial charge in [0, 0.05) is 6.54 Å². The van der Waals surface area contributed by atoms with Gasteiger partial charge in [-0.15, -0.1) is 0 Å². The molecule has 3 nitrogen and oxygen atoms in total. The Bertz CT molecular complexity index is 355. The molecule has 0 aromatic carbocycles. The van der Waals surface area contributed by atoms with Crippen LogP contribution in [0.2, 0.25) is 5.02 Å². The zero-order valence-electron chi connectivity index (χ0n) is 9.20. The molecule has 1 heterocycles. The first kappa shape index (κ1) is 11.0. The molecule has 15 heavy (non-hydrogen) atoms. The Labute approximate surface area is 95.0 Å². The van der Waals surface area contributed by atoms with Crippen molar-refractivity contribution in [1.82, 2.24) is 9.78 Å². The van der Waals surface area contributed by atoms with Gasteiger partial charge in [-0.3, -0.25) is 4.68 Å². The van der Waals surface area contributed by atoms with Gasteiger partial charge in [-0.25, -0.2) is 0 Å².